The Morgan fingerprint density at radius 3 is 3.00 bits per heavy atom. The first-order chi connectivity index (χ1) is 6.86. The summed E-state index contributed by atoms with van der Waals surface area (Å²) in [5.74, 6) is 1.00. The zero-order valence-electron chi connectivity index (χ0n) is 8.53. The van der Waals surface area contributed by atoms with Gasteiger partial charge in [-0.05, 0) is 24.6 Å². The first-order valence-corrected chi connectivity index (χ1v) is 5.85. The van der Waals surface area contributed by atoms with Crippen molar-refractivity contribution in [3.63, 3.8) is 0 Å². The Kier molecular flexibility index (Phi) is 5.68. The topological polar surface area (TPSA) is 35.2 Å². The summed E-state index contributed by atoms with van der Waals surface area (Å²) < 4.78 is 5.27. The van der Waals surface area contributed by atoms with Gasteiger partial charge in [-0.25, -0.2) is 0 Å². The SMILES string of the molecule is CCOCCSc1cccc(CN)c1. The highest BCUT2D eigenvalue weighted by atomic mass is 32.2. The fourth-order valence-corrected chi connectivity index (χ4v) is 1.97. The van der Waals surface area contributed by atoms with Crippen molar-refractivity contribution in [3.8, 4) is 0 Å². The molecule has 0 aliphatic rings. The second kappa shape index (κ2) is 6.87. The Morgan fingerprint density at radius 2 is 2.29 bits per heavy atom. The van der Waals surface area contributed by atoms with Crippen LogP contribution in [0.25, 0.3) is 0 Å². The van der Waals surface area contributed by atoms with Crippen molar-refractivity contribution in [2.24, 2.45) is 5.73 Å². The molecule has 0 saturated heterocycles. The van der Waals surface area contributed by atoms with E-state index in [1.54, 1.807) is 0 Å². The van der Waals surface area contributed by atoms with Gasteiger partial charge in [0.25, 0.3) is 0 Å². The van der Waals surface area contributed by atoms with Crippen LogP contribution < -0.4 is 5.73 Å². The number of rotatable bonds is 6. The molecule has 78 valence electrons. The molecule has 1 rings (SSSR count). The number of thioether (sulfide) groups is 1. The number of hydrogen-bond acceptors (Lipinski definition) is 3. The molecule has 0 bridgehead atoms. The van der Waals surface area contributed by atoms with Crippen LogP contribution in [0.3, 0.4) is 0 Å². The summed E-state index contributed by atoms with van der Waals surface area (Å²) in [7, 11) is 0. The first-order valence-electron chi connectivity index (χ1n) is 4.86. The zero-order valence-corrected chi connectivity index (χ0v) is 9.35. The van der Waals surface area contributed by atoms with E-state index in [9.17, 15) is 0 Å². The van der Waals surface area contributed by atoms with Gasteiger partial charge in [0.05, 0.1) is 6.61 Å². The second-order valence-electron chi connectivity index (χ2n) is 2.90. The molecule has 0 unspecified atom stereocenters. The van der Waals surface area contributed by atoms with Crippen LogP contribution in [0.4, 0.5) is 0 Å². The van der Waals surface area contributed by atoms with E-state index >= 15 is 0 Å². The molecule has 0 saturated carbocycles. The molecule has 0 aliphatic heterocycles. The molecule has 14 heavy (non-hydrogen) atoms. The van der Waals surface area contributed by atoms with Crippen LogP contribution in [0.5, 0.6) is 0 Å². The zero-order chi connectivity index (χ0) is 10.2. The van der Waals surface area contributed by atoms with Gasteiger partial charge in [-0.3, -0.25) is 0 Å². The molecule has 0 amide bonds. The quantitative estimate of drug-likeness (QED) is 0.579. The van der Waals surface area contributed by atoms with Gasteiger partial charge in [-0.15, -0.1) is 11.8 Å². The van der Waals surface area contributed by atoms with E-state index in [-0.39, 0.29) is 0 Å². The Labute approximate surface area is 89.8 Å². The third kappa shape index (κ3) is 4.13. The van der Waals surface area contributed by atoms with E-state index in [0.29, 0.717) is 6.54 Å². The molecule has 0 aromatic heterocycles. The van der Waals surface area contributed by atoms with Gasteiger partial charge in [-0.1, -0.05) is 12.1 Å². The molecule has 1 aromatic rings. The van der Waals surface area contributed by atoms with Gasteiger partial charge in [0.2, 0.25) is 0 Å². The van der Waals surface area contributed by atoms with Crippen molar-refractivity contribution in [1.82, 2.24) is 0 Å². The normalized spacial score (nSPS) is 10.4. The lowest BCUT2D eigenvalue weighted by Crippen LogP contribution is -1.97. The van der Waals surface area contributed by atoms with Crippen LogP contribution in [0.15, 0.2) is 29.2 Å². The van der Waals surface area contributed by atoms with Crippen molar-refractivity contribution >= 4 is 11.8 Å². The minimum Gasteiger partial charge on any atom is -0.381 e. The van der Waals surface area contributed by atoms with Gasteiger partial charge in [0.1, 0.15) is 0 Å². The minimum atomic E-state index is 0.611. The molecular formula is C11H17NOS. The summed E-state index contributed by atoms with van der Waals surface area (Å²) in [6, 6.07) is 8.34. The average Bonchev–Trinajstić information content (AvgIpc) is 2.25. The van der Waals surface area contributed by atoms with Gasteiger partial charge in [-0.2, -0.15) is 0 Å². The van der Waals surface area contributed by atoms with Crippen LogP contribution in [-0.4, -0.2) is 19.0 Å². The van der Waals surface area contributed by atoms with E-state index in [4.69, 9.17) is 10.5 Å². The smallest absolute Gasteiger partial charge is 0.0560 e. The molecule has 3 heteroatoms. The maximum atomic E-state index is 5.56. The highest BCUT2D eigenvalue weighted by molar-refractivity contribution is 7.99. The van der Waals surface area contributed by atoms with Crippen LogP contribution >= 0.6 is 11.8 Å². The van der Waals surface area contributed by atoms with Crippen molar-refractivity contribution in [3.05, 3.63) is 29.8 Å². The Hall–Kier alpha value is -0.510. The van der Waals surface area contributed by atoms with Crippen LogP contribution in [0, 0.1) is 0 Å². The molecule has 0 spiro atoms. The summed E-state index contributed by atoms with van der Waals surface area (Å²) in [5.41, 5.74) is 6.75. The standard InChI is InChI=1S/C11H17NOS/c1-2-13-6-7-14-11-5-3-4-10(8-11)9-12/h3-5,8H,2,6-7,9,12H2,1H3. The summed E-state index contributed by atoms with van der Waals surface area (Å²) in [6.07, 6.45) is 0. The minimum absolute atomic E-state index is 0.611. The van der Waals surface area contributed by atoms with Crippen molar-refractivity contribution in [1.29, 1.82) is 0 Å². The maximum absolute atomic E-state index is 5.56. The number of nitrogens with two attached hydrogens (primary N) is 1. The summed E-state index contributed by atoms with van der Waals surface area (Å²) >= 11 is 1.81. The largest absolute Gasteiger partial charge is 0.381 e. The first kappa shape index (κ1) is 11.6. The summed E-state index contributed by atoms with van der Waals surface area (Å²) in [5, 5.41) is 0. The third-order valence-electron chi connectivity index (χ3n) is 1.83. The highest BCUT2D eigenvalue weighted by Gasteiger charge is 1.95. The van der Waals surface area contributed by atoms with E-state index in [0.717, 1.165) is 19.0 Å². The summed E-state index contributed by atoms with van der Waals surface area (Å²) in [4.78, 5) is 1.27. The van der Waals surface area contributed by atoms with E-state index < -0.39 is 0 Å². The molecule has 0 fully saturated rings. The van der Waals surface area contributed by atoms with Crippen molar-refractivity contribution < 1.29 is 4.74 Å². The lowest BCUT2D eigenvalue weighted by Gasteiger charge is -2.03. The fraction of sp³-hybridized carbons (Fsp3) is 0.455. The number of benzene rings is 1. The molecular weight excluding hydrogens is 194 g/mol. The summed E-state index contributed by atoms with van der Waals surface area (Å²) in [6.45, 7) is 4.23. The molecule has 2 nitrogen and oxygen atoms in total. The lowest BCUT2D eigenvalue weighted by molar-refractivity contribution is 0.164. The molecule has 0 radical (unpaired) electrons. The van der Waals surface area contributed by atoms with Gasteiger partial charge >= 0.3 is 0 Å². The van der Waals surface area contributed by atoms with Gasteiger partial charge in [0.15, 0.2) is 0 Å². The third-order valence-corrected chi connectivity index (χ3v) is 2.79. The Bertz CT molecular complexity index is 265. The maximum Gasteiger partial charge on any atom is 0.0560 e. The molecule has 0 heterocycles. The van der Waals surface area contributed by atoms with E-state index in [1.807, 2.05) is 30.8 Å². The van der Waals surface area contributed by atoms with E-state index in [1.165, 1.54) is 10.5 Å². The predicted molar refractivity (Wildman–Crippen MR) is 61.6 cm³/mol. The molecule has 2 N–H and O–H groups in total. The highest BCUT2D eigenvalue weighted by Crippen LogP contribution is 2.18. The monoisotopic (exact) mass is 211 g/mol. The van der Waals surface area contributed by atoms with Crippen molar-refractivity contribution in [2.75, 3.05) is 19.0 Å². The van der Waals surface area contributed by atoms with Gasteiger partial charge < -0.3 is 10.5 Å². The average molecular weight is 211 g/mol. The van der Waals surface area contributed by atoms with Crippen molar-refractivity contribution in [2.45, 2.75) is 18.4 Å². The van der Waals surface area contributed by atoms with E-state index in [2.05, 4.69) is 12.1 Å². The lowest BCUT2D eigenvalue weighted by atomic mass is 10.2. The number of ether oxygens (including phenoxy) is 1. The fourth-order valence-electron chi connectivity index (χ4n) is 1.13. The number of hydrogen-bond donors (Lipinski definition) is 1. The molecule has 1 aromatic carbocycles. The Morgan fingerprint density at radius 1 is 1.43 bits per heavy atom. The molecule has 0 aliphatic carbocycles. The second-order valence-corrected chi connectivity index (χ2v) is 4.07. The van der Waals surface area contributed by atoms with Crippen LogP contribution in [-0.2, 0) is 11.3 Å². The van der Waals surface area contributed by atoms with Gasteiger partial charge in [0, 0.05) is 23.8 Å². The predicted octanol–water partition coefficient (Wildman–Crippen LogP) is 2.27. The Balaban J connectivity index is 2.34. The molecule has 0 atom stereocenters. The van der Waals surface area contributed by atoms with Crippen LogP contribution in [0.1, 0.15) is 12.5 Å². The van der Waals surface area contributed by atoms with Crippen LogP contribution in [0.2, 0.25) is 0 Å².